The summed E-state index contributed by atoms with van der Waals surface area (Å²) in [6, 6.07) is 10.3. The van der Waals surface area contributed by atoms with E-state index in [1.165, 1.54) is 38.9 Å². The van der Waals surface area contributed by atoms with Crippen molar-refractivity contribution in [2.75, 3.05) is 19.6 Å². The molecule has 0 radical (unpaired) electrons. The Morgan fingerprint density at radius 3 is 2.48 bits per heavy atom. The second kappa shape index (κ2) is 6.85. The van der Waals surface area contributed by atoms with Crippen LogP contribution in [0.1, 0.15) is 31.4 Å². The van der Waals surface area contributed by atoms with Gasteiger partial charge in [0.05, 0.1) is 12.2 Å². The van der Waals surface area contributed by atoms with Gasteiger partial charge in [0, 0.05) is 5.56 Å². The lowest BCUT2D eigenvalue weighted by atomic mass is 10.1. The molecule has 1 aromatic heterocycles. The predicted molar refractivity (Wildman–Crippen MR) is 85.1 cm³/mol. The topological polar surface area (TPSA) is 34.0 Å². The Hall–Kier alpha value is -1.68. The molecule has 0 N–H and O–H groups in total. The van der Waals surface area contributed by atoms with Crippen molar-refractivity contribution in [3.8, 4) is 11.3 Å². The average molecular weight is 284 g/mol. The van der Waals surface area contributed by atoms with Gasteiger partial charge < -0.3 is 4.90 Å². The van der Waals surface area contributed by atoms with Crippen LogP contribution in [0.2, 0.25) is 0 Å². The molecule has 0 aliphatic carbocycles. The number of aryl methyl sites for hydroxylation is 2. The third-order valence-corrected chi connectivity index (χ3v) is 4.15. The Kier molecular flexibility index (Phi) is 4.65. The number of hydrogen-bond acceptors (Lipinski definition) is 3. The minimum Gasteiger partial charge on any atom is -0.303 e. The molecule has 4 nitrogen and oxygen atoms in total. The zero-order valence-corrected chi connectivity index (χ0v) is 12.8. The summed E-state index contributed by atoms with van der Waals surface area (Å²) in [5, 5.41) is 9.21. The van der Waals surface area contributed by atoms with Gasteiger partial charge in [0.2, 0.25) is 0 Å². The van der Waals surface area contributed by atoms with Crippen LogP contribution in [0.25, 0.3) is 11.3 Å². The number of aromatic nitrogens is 3. The SMILES string of the molecule is Cc1nn(CCCN2CCCCC2)nc1-c1ccccc1. The van der Waals surface area contributed by atoms with Crippen molar-refractivity contribution >= 4 is 0 Å². The molecule has 2 heterocycles. The molecule has 1 aliphatic rings. The van der Waals surface area contributed by atoms with Crippen LogP contribution >= 0.6 is 0 Å². The Balaban J connectivity index is 1.57. The number of rotatable bonds is 5. The first-order chi connectivity index (χ1) is 10.3. The van der Waals surface area contributed by atoms with Gasteiger partial charge in [-0.3, -0.25) is 0 Å². The van der Waals surface area contributed by atoms with E-state index in [9.17, 15) is 0 Å². The lowest BCUT2D eigenvalue weighted by Crippen LogP contribution is -2.31. The summed E-state index contributed by atoms with van der Waals surface area (Å²) < 4.78 is 0. The minimum absolute atomic E-state index is 0.907. The lowest BCUT2D eigenvalue weighted by Gasteiger charge is -2.26. The van der Waals surface area contributed by atoms with Crippen LogP contribution < -0.4 is 0 Å². The van der Waals surface area contributed by atoms with Crippen molar-refractivity contribution in [3.63, 3.8) is 0 Å². The number of likely N-dealkylation sites (tertiary alicyclic amines) is 1. The Morgan fingerprint density at radius 1 is 0.952 bits per heavy atom. The number of hydrogen-bond donors (Lipinski definition) is 0. The number of nitrogens with zero attached hydrogens (tertiary/aromatic N) is 4. The van der Waals surface area contributed by atoms with E-state index in [-0.39, 0.29) is 0 Å². The van der Waals surface area contributed by atoms with Crippen LogP contribution in [0.5, 0.6) is 0 Å². The maximum absolute atomic E-state index is 4.65. The molecule has 112 valence electrons. The van der Waals surface area contributed by atoms with E-state index in [1.807, 2.05) is 29.9 Å². The lowest BCUT2D eigenvalue weighted by molar-refractivity contribution is 0.220. The van der Waals surface area contributed by atoms with E-state index in [4.69, 9.17) is 0 Å². The zero-order valence-electron chi connectivity index (χ0n) is 12.8. The molecule has 4 heteroatoms. The Bertz CT molecular complexity index is 555. The second-order valence-corrected chi connectivity index (χ2v) is 5.85. The van der Waals surface area contributed by atoms with Crippen LogP contribution in [0.4, 0.5) is 0 Å². The molecular weight excluding hydrogens is 260 g/mol. The number of piperidine rings is 1. The summed E-state index contributed by atoms with van der Waals surface area (Å²) in [6.07, 6.45) is 5.24. The molecule has 1 aromatic carbocycles. The highest BCUT2D eigenvalue weighted by molar-refractivity contribution is 5.60. The van der Waals surface area contributed by atoms with E-state index in [0.29, 0.717) is 0 Å². The van der Waals surface area contributed by atoms with Gasteiger partial charge in [-0.2, -0.15) is 15.0 Å². The standard InChI is InChI=1S/C17H24N4/c1-15-17(16-9-4-2-5-10-16)19-21(18-15)14-8-13-20-11-6-3-7-12-20/h2,4-5,9-10H,3,6-8,11-14H2,1H3. The van der Waals surface area contributed by atoms with Gasteiger partial charge in [-0.15, -0.1) is 0 Å². The molecule has 0 atom stereocenters. The molecule has 2 aromatic rings. The van der Waals surface area contributed by atoms with Gasteiger partial charge in [-0.25, -0.2) is 0 Å². The van der Waals surface area contributed by atoms with Crippen molar-refractivity contribution in [1.82, 2.24) is 19.9 Å². The minimum atomic E-state index is 0.907. The Labute approximate surface area is 126 Å². The van der Waals surface area contributed by atoms with Crippen molar-refractivity contribution in [1.29, 1.82) is 0 Å². The third kappa shape index (κ3) is 3.70. The van der Waals surface area contributed by atoms with E-state index < -0.39 is 0 Å². The van der Waals surface area contributed by atoms with Gasteiger partial charge >= 0.3 is 0 Å². The fourth-order valence-electron chi connectivity index (χ4n) is 3.01. The third-order valence-electron chi connectivity index (χ3n) is 4.15. The fourth-order valence-corrected chi connectivity index (χ4v) is 3.01. The largest absolute Gasteiger partial charge is 0.303 e. The predicted octanol–water partition coefficient (Wildman–Crippen LogP) is 3.13. The summed E-state index contributed by atoms with van der Waals surface area (Å²) in [5.74, 6) is 0. The first kappa shape index (κ1) is 14.3. The summed E-state index contributed by atoms with van der Waals surface area (Å²) in [4.78, 5) is 4.43. The molecule has 1 aliphatic heterocycles. The van der Waals surface area contributed by atoms with Gasteiger partial charge in [0.1, 0.15) is 5.69 Å². The van der Waals surface area contributed by atoms with Crippen LogP contribution in [-0.4, -0.2) is 39.5 Å². The molecule has 0 bridgehead atoms. The number of benzene rings is 1. The second-order valence-electron chi connectivity index (χ2n) is 5.85. The summed E-state index contributed by atoms with van der Waals surface area (Å²) >= 11 is 0. The van der Waals surface area contributed by atoms with E-state index in [2.05, 4.69) is 27.2 Å². The summed E-state index contributed by atoms with van der Waals surface area (Å²) in [7, 11) is 0. The first-order valence-corrected chi connectivity index (χ1v) is 8.02. The van der Waals surface area contributed by atoms with E-state index in [1.54, 1.807) is 0 Å². The monoisotopic (exact) mass is 284 g/mol. The highest BCUT2D eigenvalue weighted by atomic mass is 15.5. The first-order valence-electron chi connectivity index (χ1n) is 8.02. The van der Waals surface area contributed by atoms with Gasteiger partial charge in [-0.1, -0.05) is 36.8 Å². The molecule has 1 saturated heterocycles. The maximum Gasteiger partial charge on any atom is 0.115 e. The molecule has 3 rings (SSSR count). The van der Waals surface area contributed by atoms with E-state index >= 15 is 0 Å². The quantitative estimate of drug-likeness (QED) is 0.846. The average Bonchev–Trinajstić information content (AvgIpc) is 2.90. The van der Waals surface area contributed by atoms with E-state index in [0.717, 1.165) is 29.9 Å². The normalized spacial score (nSPS) is 16.2. The zero-order chi connectivity index (χ0) is 14.5. The van der Waals surface area contributed by atoms with Crippen LogP contribution in [0.15, 0.2) is 30.3 Å². The van der Waals surface area contributed by atoms with Crippen LogP contribution in [0, 0.1) is 6.92 Å². The van der Waals surface area contributed by atoms with Gasteiger partial charge in [0.25, 0.3) is 0 Å². The molecule has 0 amide bonds. The molecule has 0 spiro atoms. The molecule has 1 fully saturated rings. The van der Waals surface area contributed by atoms with Crippen molar-refractivity contribution in [3.05, 3.63) is 36.0 Å². The van der Waals surface area contributed by atoms with Crippen LogP contribution in [0.3, 0.4) is 0 Å². The van der Waals surface area contributed by atoms with Crippen molar-refractivity contribution < 1.29 is 0 Å². The highest BCUT2D eigenvalue weighted by Gasteiger charge is 2.11. The summed E-state index contributed by atoms with van der Waals surface area (Å²) in [5.41, 5.74) is 3.17. The summed E-state index contributed by atoms with van der Waals surface area (Å²) in [6.45, 7) is 6.64. The Morgan fingerprint density at radius 2 is 1.71 bits per heavy atom. The smallest absolute Gasteiger partial charge is 0.115 e. The molecule has 0 unspecified atom stereocenters. The van der Waals surface area contributed by atoms with Gasteiger partial charge in [-0.05, 0) is 45.8 Å². The van der Waals surface area contributed by atoms with Crippen molar-refractivity contribution in [2.45, 2.75) is 39.2 Å². The molecule has 21 heavy (non-hydrogen) atoms. The molecule has 0 saturated carbocycles. The maximum atomic E-state index is 4.65. The highest BCUT2D eigenvalue weighted by Crippen LogP contribution is 2.19. The van der Waals surface area contributed by atoms with Crippen molar-refractivity contribution in [2.24, 2.45) is 0 Å². The van der Waals surface area contributed by atoms with Gasteiger partial charge in [0.15, 0.2) is 0 Å². The van der Waals surface area contributed by atoms with Crippen LogP contribution in [-0.2, 0) is 6.54 Å². The fraction of sp³-hybridized carbons (Fsp3) is 0.529. The molecular formula is C17H24N4.